The van der Waals surface area contributed by atoms with Gasteiger partial charge in [0.15, 0.2) is 0 Å². The van der Waals surface area contributed by atoms with Crippen molar-refractivity contribution in [2.75, 3.05) is 18.9 Å². The number of ether oxygens (including phenoxy) is 1. The van der Waals surface area contributed by atoms with E-state index >= 15 is 0 Å². The maximum Gasteiger partial charge on any atom is 0.292 e. The van der Waals surface area contributed by atoms with Gasteiger partial charge in [-0.2, -0.15) is 0 Å². The summed E-state index contributed by atoms with van der Waals surface area (Å²) < 4.78 is 5.86. The number of anilines is 1. The Balaban J connectivity index is 1.76. The van der Waals surface area contributed by atoms with Gasteiger partial charge >= 0.3 is 0 Å². The van der Waals surface area contributed by atoms with Crippen LogP contribution in [0.15, 0.2) is 18.2 Å². The Labute approximate surface area is 124 Å². The van der Waals surface area contributed by atoms with E-state index in [0.717, 1.165) is 38.1 Å². The lowest BCUT2D eigenvalue weighted by atomic mass is 9.90. The number of nitrogen functional groups attached to an aromatic ring is 1. The zero-order valence-corrected chi connectivity index (χ0v) is 12.0. The fraction of sp³-hybridized carbons (Fsp3) is 0.600. The fourth-order valence-corrected chi connectivity index (χ4v) is 3.45. The number of fused-ring (bicyclic) bond motifs is 1. The van der Waals surface area contributed by atoms with Gasteiger partial charge in [-0.15, -0.1) is 0 Å². The number of rotatable bonds is 3. The highest BCUT2D eigenvalue weighted by Crippen LogP contribution is 2.30. The normalized spacial score (nSPS) is 26.3. The molecule has 1 aliphatic heterocycles. The highest BCUT2D eigenvalue weighted by atomic mass is 16.6. The molecule has 2 aliphatic rings. The third kappa shape index (κ3) is 3.01. The first-order chi connectivity index (χ1) is 10.1. The minimum Gasteiger partial charge on any atom is -0.393 e. The molecule has 0 aromatic heterocycles. The van der Waals surface area contributed by atoms with Crippen molar-refractivity contribution >= 4 is 11.4 Å². The molecule has 2 fully saturated rings. The number of hydrogen-bond acceptors (Lipinski definition) is 5. The largest absolute Gasteiger partial charge is 0.393 e. The molecule has 2 atom stereocenters. The molecule has 1 aliphatic carbocycles. The molecule has 114 valence electrons. The average molecular weight is 291 g/mol. The summed E-state index contributed by atoms with van der Waals surface area (Å²) in [7, 11) is 0. The van der Waals surface area contributed by atoms with Gasteiger partial charge in [-0.3, -0.25) is 15.0 Å². The highest BCUT2D eigenvalue weighted by Gasteiger charge is 2.34. The van der Waals surface area contributed by atoms with Crippen LogP contribution < -0.4 is 5.73 Å². The molecule has 1 saturated heterocycles. The molecule has 0 radical (unpaired) electrons. The molecule has 0 spiro atoms. The van der Waals surface area contributed by atoms with Crippen molar-refractivity contribution in [2.24, 2.45) is 0 Å². The molecule has 6 nitrogen and oxygen atoms in total. The zero-order chi connectivity index (χ0) is 14.8. The number of nitro benzene ring substituents is 1. The van der Waals surface area contributed by atoms with E-state index in [0.29, 0.717) is 12.1 Å². The van der Waals surface area contributed by atoms with Crippen molar-refractivity contribution in [3.05, 3.63) is 33.9 Å². The lowest BCUT2D eigenvalue weighted by molar-refractivity contribution is -0.384. The summed E-state index contributed by atoms with van der Waals surface area (Å²) in [5.41, 5.74) is 6.83. The van der Waals surface area contributed by atoms with Gasteiger partial charge < -0.3 is 10.5 Å². The van der Waals surface area contributed by atoms with Crippen LogP contribution in [-0.2, 0) is 11.3 Å². The first kappa shape index (κ1) is 14.3. The van der Waals surface area contributed by atoms with Crippen molar-refractivity contribution < 1.29 is 9.66 Å². The quantitative estimate of drug-likeness (QED) is 0.525. The van der Waals surface area contributed by atoms with Crippen molar-refractivity contribution in [1.29, 1.82) is 0 Å². The molecule has 0 amide bonds. The molecule has 2 N–H and O–H groups in total. The van der Waals surface area contributed by atoms with E-state index in [1.54, 1.807) is 12.1 Å². The predicted molar refractivity (Wildman–Crippen MR) is 79.9 cm³/mol. The van der Waals surface area contributed by atoms with E-state index < -0.39 is 4.92 Å². The van der Waals surface area contributed by atoms with Crippen LogP contribution in [0.4, 0.5) is 11.4 Å². The maximum absolute atomic E-state index is 11.0. The molecule has 1 aromatic carbocycles. The third-order valence-electron chi connectivity index (χ3n) is 4.52. The van der Waals surface area contributed by atoms with Crippen LogP contribution in [0.3, 0.4) is 0 Å². The number of benzene rings is 1. The molecule has 0 bridgehead atoms. The van der Waals surface area contributed by atoms with Gasteiger partial charge in [-0.1, -0.05) is 18.9 Å². The van der Waals surface area contributed by atoms with Crippen LogP contribution >= 0.6 is 0 Å². The minimum absolute atomic E-state index is 0.000883. The van der Waals surface area contributed by atoms with Crippen LogP contribution in [0.5, 0.6) is 0 Å². The van der Waals surface area contributed by atoms with Gasteiger partial charge in [-0.25, -0.2) is 0 Å². The lowest BCUT2D eigenvalue weighted by Crippen LogP contribution is -2.52. The van der Waals surface area contributed by atoms with Crippen molar-refractivity contribution in [3.63, 3.8) is 0 Å². The van der Waals surface area contributed by atoms with Crippen LogP contribution in [-0.4, -0.2) is 35.1 Å². The minimum atomic E-state index is -0.415. The van der Waals surface area contributed by atoms with Crippen molar-refractivity contribution in [2.45, 2.75) is 44.4 Å². The summed E-state index contributed by atoms with van der Waals surface area (Å²) >= 11 is 0. The Kier molecular flexibility index (Phi) is 4.07. The fourth-order valence-electron chi connectivity index (χ4n) is 3.45. The van der Waals surface area contributed by atoms with Crippen molar-refractivity contribution in [3.8, 4) is 0 Å². The average Bonchev–Trinajstić information content (AvgIpc) is 2.49. The predicted octanol–water partition coefficient (Wildman–Crippen LogP) is 2.32. The second kappa shape index (κ2) is 5.99. The van der Waals surface area contributed by atoms with E-state index in [1.807, 2.05) is 6.07 Å². The van der Waals surface area contributed by atoms with Gasteiger partial charge in [0.05, 0.1) is 17.6 Å². The van der Waals surface area contributed by atoms with Gasteiger partial charge in [0.1, 0.15) is 5.69 Å². The molecule has 21 heavy (non-hydrogen) atoms. The summed E-state index contributed by atoms with van der Waals surface area (Å²) in [6, 6.07) is 5.56. The standard InChI is InChI=1S/C15H21N3O3/c16-12-6-5-11(9-14(12)18(19)20)10-17-7-8-21-15-4-2-1-3-13(15)17/h5-6,9,13,15H,1-4,7-8,10,16H2. The van der Waals surface area contributed by atoms with E-state index in [4.69, 9.17) is 10.5 Å². The van der Waals surface area contributed by atoms with Gasteiger partial charge in [0.2, 0.25) is 0 Å². The number of hydrogen-bond donors (Lipinski definition) is 1. The van der Waals surface area contributed by atoms with Crippen LogP contribution in [0.2, 0.25) is 0 Å². The Morgan fingerprint density at radius 2 is 2.19 bits per heavy atom. The van der Waals surface area contributed by atoms with E-state index in [-0.39, 0.29) is 11.4 Å². The lowest BCUT2D eigenvalue weighted by Gasteiger charge is -2.43. The molecule has 1 saturated carbocycles. The van der Waals surface area contributed by atoms with Gasteiger partial charge in [-0.05, 0) is 24.5 Å². The van der Waals surface area contributed by atoms with Crippen molar-refractivity contribution in [1.82, 2.24) is 4.90 Å². The summed E-state index contributed by atoms with van der Waals surface area (Å²) in [5, 5.41) is 11.0. The molecule has 1 aromatic rings. The summed E-state index contributed by atoms with van der Waals surface area (Å²) in [5.74, 6) is 0. The monoisotopic (exact) mass is 291 g/mol. The molecule has 3 rings (SSSR count). The second-order valence-electron chi connectivity index (χ2n) is 5.88. The first-order valence-corrected chi connectivity index (χ1v) is 7.53. The van der Waals surface area contributed by atoms with Gasteiger partial charge in [0, 0.05) is 25.2 Å². The van der Waals surface area contributed by atoms with E-state index in [9.17, 15) is 10.1 Å². The Hall–Kier alpha value is -1.66. The smallest absolute Gasteiger partial charge is 0.292 e. The molecular formula is C15H21N3O3. The van der Waals surface area contributed by atoms with E-state index in [2.05, 4.69) is 4.90 Å². The van der Waals surface area contributed by atoms with Gasteiger partial charge in [0.25, 0.3) is 5.69 Å². The maximum atomic E-state index is 11.0. The molecular weight excluding hydrogens is 270 g/mol. The Morgan fingerprint density at radius 1 is 1.38 bits per heavy atom. The molecule has 6 heteroatoms. The number of nitro groups is 1. The SMILES string of the molecule is Nc1ccc(CN2CCOC3CCCCC32)cc1[N+](=O)[O-]. The second-order valence-corrected chi connectivity index (χ2v) is 5.88. The number of nitrogens with zero attached hydrogens (tertiary/aromatic N) is 2. The zero-order valence-electron chi connectivity index (χ0n) is 12.0. The third-order valence-corrected chi connectivity index (χ3v) is 4.52. The molecule has 1 heterocycles. The summed E-state index contributed by atoms with van der Waals surface area (Å²) in [4.78, 5) is 13.0. The van der Waals surface area contributed by atoms with Crippen LogP contribution in [0.1, 0.15) is 31.2 Å². The topological polar surface area (TPSA) is 81.6 Å². The van der Waals surface area contributed by atoms with E-state index in [1.165, 1.54) is 12.8 Å². The summed E-state index contributed by atoms with van der Waals surface area (Å²) in [6.07, 6.45) is 5.09. The molecule has 2 unspecified atom stereocenters. The highest BCUT2D eigenvalue weighted by molar-refractivity contribution is 5.59. The summed E-state index contributed by atoms with van der Waals surface area (Å²) in [6.45, 7) is 2.36. The number of morpholine rings is 1. The Morgan fingerprint density at radius 3 is 3.00 bits per heavy atom. The number of nitrogens with two attached hydrogens (primary N) is 1. The van der Waals surface area contributed by atoms with Crippen LogP contribution in [0.25, 0.3) is 0 Å². The Bertz CT molecular complexity index is 533. The van der Waals surface area contributed by atoms with Crippen LogP contribution in [0, 0.1) is 10.1 Å². The first-order valence-electron chi connectivity index (χ1n) is 7.53.